The molecule has 0 aliphatic rings. The van der Waals surface area contributed by atoms with Crippen LogP contribution >= 0.6 is 0 Å². The third-order valence-electron chi connectivity index (χ3n) is 3.58. The number of carbonyl (C=O) groups is 2. The molecule has 0 spiro atoms. The first-order valence-corrected chi connectivity index (χ1v) is 8.58. The maximum absolute atomic E-state index is 11.7. The molecular weight excluding hydrogens is 312 g/mol. The zero-order valence-electron chi connectivity index (χ0n) is 14.4. The van der Waals surface area contributed by atoms with E-state index in [4.69, 9.17) is 10.4 Å². The summed E-state index contributed by atoms with van der Waals surface area (Å²) >= 11 is 0. The van der Waals surface area contributed by atoms with Crippen LogP contribution in [0.2, 0.25) is 0 Å². The van der Waals surface area contributed by atoms with Crippen molar-refractivity contribution in [2.75, 3.05) is 0 Å². The van der Waals surface area contributed by atoms with Crippen molar-refractivity contribution in [2.45, 2.75) is 76.9 Å². The first-order chi connectivity index (χ1) is 11.5. The maximum Gasteiger partial charge on any atom is 0.303 e. The first-order valence-electron chi connectivity index (χ1n) is 8.58. The number of aliphatic hydroxyl groups excluding tert-OH is 1. The van der Waals surface area contributed by atoms with Gasteiger partial charge in [0.05, 0.1) is 0 Å². The minimum absolute atomic E-state index is 0.197. The Kier molecular flexibility index (Phi) is 14.1. The Morgan fingerprint density at radius 3 is 2.38 bits per heavy atom. The molecule has 0 saturated carbocycles. The van der Waals surface area contributed by atoms with E-state index < -0.39 is 24.0 Å². The summed E-state index contributed by atoms with van der Waals surface area (Å²) in [6, 6.07) is 0. The van der Waals surface area contributed by atoms with Gasteiger partial charge in [-0.15, -0.1) is 0 Å². The summed E-state index contributed by atoms with van der Waals surface area (Å²) in [5.74, 6) is -1.18. The predicted molar refractivity (Wildman–Crippen MR) is 91.7 cm³/mol. The molecule has 0 aliphatic heterocycles. The van der Waals surface area contributed by atoms with Crippen molar-refractivity contribution >= 4 is 11.8 Å². The molecule has 0 aromatic heterocycles. The molecule has 0 saturated heterocycles. The van der Waals surface area contributed by atoms with E-state index in [0.717, 1.165) is 32.1 Å². The molecule has 6 nitrogen and oxygen atoms in total. The summed E-state index contributed by atoms with van der Waals surface area (Å²) in [5, 5.41) is 27.0. The number of carboxylic acid groups (broad SMARTS) is 1. The number of carboxylic acids is 1. The predicted octanol–water partition coefficient (Wildman–Crippen LogP) is 3.50. The SMILES string of the molecule is CC/C=C\CC(O)C(=O)/C=C/C(CCCCCCCC(=O)O)OO. The molecule has 0 amide bonds. The summed E-state index contributed by atoms with van der Waals surface area (Å²) in [6.45, 7) is 1.97. The molecule has 0 heterocycles. The zero-order valence-corrected chi connectivity index (χ0v) is 14.4. The smallest absolute Gasteiger partial charge is 0.303 e. The van der Waals surface area contributed by atoms with Gasteiger partial charge in [0, 0.05) is 6.42 Å². The van der Waals surface area contributed by atoms with Gasteiger partial charge < -0.3 is 10.2 Å². The van der Waals surface area contributed by atoms with Crippen LogP contribution in [0.25, 0.3) is 0 Å². The summed E-state index contributed by atoms with van der Waals surface area (Å²) < 4.78 is 0. The highest BCUT2D eigenvalue weighted by atomic mass is 17.1. The molecule has 3 N–H and O–H groups in total. The van der Waals surface area contributed by atoms with Crippen LogP contribution in [-0.4, -0.2) is 39.4 Å². The van der Waals surface area contributed by atoms with Crippen molar-refractivity contribution in [3.05, 3.63) is 24.3 Å². The Morgan fingerprint density at radius 2 is 1.75 bits per heavy atom. The average molecular weight is 342 g/mol. The Hall–Kier alpha value is -1.50. The fraction of sp³-hybridized carbons (Fsp3) is 0.667. The van der Waals surface area contributed by atoms with Gasteiger partial charge >= 0.3 is 5.97 Å². The first kappa shape index (κ1) is 22.5. The van der Waals surface area contributed by atoms with Crippen LogP contribution in [0.1, 0.15) is 64.7 Å². The number of unbranched alkanes of at least 4 members (excludes halogenated alkanes) is 4. The Balaban J connectivity index is 3.93. The number of hydrogen-bond donors (Lipinski definition) is 3. The molecular formula is C18H30O6. The van der Waals surface area contributed by atoms with Crippen molar-refractivity contribution in [2.24, 2.45) is 0 Å². The second-order valence-corrected chi connectivity index (χ2v) is 5.74. The van der Waals surface area contributed by atoms with Gasteiger partial charge in [0.1, 0.15) is 12.2 Å². The second-order valence-electron chi connectivity index (χ2n) is 5.74. The molecule has 0 aromatic carbocycles. The Morgan fingerprint density at radius 1 is 1.08 bits per heavy atom. The van der Waals surface area contributed by atoms with E-state index in [9.17, 15) is 14.7 Å². The van der Waals surface area contributed by atoms with Crippen molar-refractivity contribution in [3.8, 4) is 0 Å². The van der Waals surface area contributed by atoms with Crippen LogP contribution in [0.5, 0.6) is 0 Å². The van der Waals surface area contributed by atoms with E-state index in [2.05, 4.69) is 4.89 Å². The van der Waals surface area contributed by atoms with Gasteiger partial charge in [-0.05, 0) is 37.8 Å². The summed E-state index contributed by atoms with van der Waals surface area (Å²) in [6.07, 6.45) is 10.8. The van der Waals surface area contributed by atoms with Crippen molar-refractivity contribution in [3.63, 3.8) is 0 Å². The summed E-state index contributed by atoms with van der Waals surface area (Å²) in [7, 11) is 0. The average Bonchev–Trinajstić information content (AvgIpc) is 2.56. The van der Waals surface area contributed by atoms with Gasteiger partial charge in [-0.2, -0.15) is 0 Å². The van der Waals surface area contributed by atoms with Gasteiger partial charge in [0.2, 0.25) is 0 Å². The molecule has 0 radical (unpaired) electrons. The molecule has 0 aliphatic carbocycles. The number of rotatable bonds is 15. The quantitative estimate of drug-likeness (QED) is 0.138. The van der Waals surface area contributed by atoms with Gasteiger partial charge in [-0.1, -0.05) is 44.8 Å². The van der Waals surface area contributed by atoms with Gasteiger partial charge in [-0.25, -0.2) is 4.89 Å². The minimum atomic E-state index is -1.07. The highest BCUT2D eigenvalue weighted by Crippen LogP contribution is 2.11. The van der Waals surface area contributed by atoms with E-state index in [1.807, 2.05) is 13.0 Å². The number of allylic oxidation sites excluding steroid dienone is 1. The molecule has 0 rings (SSSR count). The van der Waals surface area contributed by atoms with Crippen molar-refractivity contribution in [1.82, 2.24) is 0 Å². The molecule has 6 heteroatoms. The molecule has 0 bridgehead atoms. The maximum atomic E-state index is 11.7. The lowest BCUT2D eigenvalue weighted by atomic mass is 10.1. The van der Waals surface area contributed by atoms with Crippen LogP contribution in [0.3, 0.4) is 0 Å². The van der Waals surface area contributed by atoms with Gasteiger partial charge in [0.15, 0.2) is 5.78 Å². The normalized spacial score (nSPS) is 14.3. The largest absolute Gasteiger partial charge is 0.481 e. The third-order valence-corrected chi connectivity index (χ3v) is 3.58. The highest BCUT2D eigenvalue weighted by molar-refractivity contribution is 5.93. The van der Waals surface area contributed by atoms with Crippen LogP contribution < -0.4 is 0 Å². The standard InChI is InChI=1S/C18H30O6/c1-2-3-7-11-16(19)17(20)14-13-15(24-23)10-8-5-4-6-9-12-18(21)22/h3,7,13-16,19,23H,2,4-6,8-12H2,1H3,(H,21,22)/b7-3-,14-13+. The van der Waals surface area contributed by atoms with Crippen LogP contribution in [0.15, 0.2) is 24.3 Å². The molecule has 2 unspecified atom stereocenters. The molecule has 2 atom stereocenters. The number of aliphatic carboxylic acids is 1. The van der Waals surface area contributed by atoms with Gasteiger partial charge in [0.25, 0.3) is 0 Å². The second kappa shape index (κ2) is 15.1. The highest BCUT2D eigenvalue weighted by Gasteiger charge is 2.11. The Bertz CT molecular complexity index is 402. The van der Waals surface area contributed by atoms with E-state index in [-0.39, 0.29) is 12.8 Å². The minimum Gasteiger partial charge on any atom is -0.481 e. The van der Waals surface area contributed by atoms with Crippen molar-refractivity contribution in [1.29, 1.82) is 0 Å². The Labute approximate surface area is 143 Å². The van der Waals surface area contributed by atoms with Crippen LogP contribution in [0, 0.1) is 0 Å². The lowest BCUT2D eigenvalue weighted by molar-refractivity contribution is -0.267. The molecule has 0 fully saturated rings. The zero-order chi connectivity index (χ0) is 18.2. The fourth-order valence-electron chi connectivity index (χ4n) is 2.16. The number of aliphatic hydroxyl groups is 1. The van der Waals surface area contributed by atoms with E-state index >= 15 is 0 Å². The number of carbonyl (C=O) groups excluding carboxylic acids is 1. The van der Waals surface area contributed by atoms with E-state index in [0.29, 0.717) is 12.8 Å². The lowest BCUT2D eigenvalue weighted by Crippen LogP contribution is -2.18. The van der Waals surface area contributed by atoms with Crippen molar-refractivity contribution < 1.29 is 29.9 Å². The fourth-order valence-corrected chi connectivity index (χ4v) is 2.16. The van der Waals surface area contributed by atoms with Gasteiger partial charge in [-0.3, -0.25) is 14.8 Å². The van der Waals surface area contributed by atoms with Crippen LogP contribution in [0.4, 0.5) is 0 Å². The lowest BCUT2D eigenvalue weighted by Gasteiger charge is -2.09. The molecule has 24 heavy (non-hydrogen) atoms. The van der Waals surface area contributed by atoms with Crippen LogP contribution in [-0.2, 0) is 14.5 Å². The van der Waals surface area contributed by atoms with E-state index in [1.165, 1.54) is 12.2 Å². The van der Waals surface area contributed by atoms with E-state index in [1.54, 1.807) is 6.08 Å². The topological polar surface area (TPSA) is 104 Å². The summed E-state index contributed by atoms with van der Waals surface area (Å²) in [5.41, 5.74) is 0. The molecule has 138 valence electrons. The monoisotopic (exact) mass is 342 g/mol. The number of hydrogen-bond acceptors (Lipinski definition) is 5. The summed E-state index contributed by atoms with van der Waals surface area (Å²) in [4.78, 5) is 26.4. The third kappa shape index (κ3) is 13.0. The number of ketones is 1. The molecule has 0 aromatic rings.